The van der Waals surface area contributed by atoms with E-state index in [4.69, 9.17) is 5.11 Å². The summed E-state index contributed by atoms with van der Waals surface area (Å²) in [5.74, 6) is 0. The molecule has 0 aromatic carbocycles. The van der Waals surface area contributed by atoms with Crippen LogP contribution in [0.4, 0.5) is 0 Å². The third kappa shape index (κ3) is 11.9. The lowest BCUT2D eigenvalue weighted by molar-refractivity contribution is 0.283. The average molecular weight is 202 g/mol. The van der Waals surface area contributed by atoms with Crippen molar-refractivity contribution in [1.29, 1.82) is 0 Å². The first kappa shape index (κ1) is 13.9. The molecule has 0 rings (SSSR count). The van der Waals surface area contributed by atoms with Crippen LogP contribution in [0, 0.1) is 0 Å². The number of aliphatic hydroxyl groups is 1. The maximum Gasteiger partial charge on any atom is 0.0431 e. The van der Waals surface area contributed by atoms with Gasteiger partial charge in [0.05, 0.1) is 0 Å². The molecule has 3 nitrogen and oxygen atoms in total. The molecule has 0 unspecified atom stereocenters. The second-order valence-electron chi connectivity index (χ2n) is 4.04. The molecule has 0 aliphatic carbocycles. The summed E-state index contributed by atoms with van der Waals surface area (Å²) in [7, 11) is 4.23. The monoisotopic (exact) mass is 202 g/mol. The van der Waals surface area contributed by atoms with Gasteiger partial charge in [-0.15, -0.1) is 0 Å². The lowest BCUT2D eigenvalue weighted by Crippen LogP contribution is -2.19. The zero-order valence-corrected chi connectivity index (χ0v) is 9.76. The van der Waals surface area contributed by atoms with Crippen LogP contribution in [0.5, 0.6) is 0 Å². The van der Waals surface area contributed by atoms with Gasteiger partial charge >= 0.3 is 0 Å². The molecule has 0 aromatic rings. The predicted molar refractivity (Wildman–Crippen MR) is 61.6 cm³/mol. The maximum absolute atomic E-state index is 8.57. The summed E-state index contributed by atoms with van der Waals surface area (Å²) in [6, 6.07) is 0. The van der Waals surface area contributed by atoms with E-state index in [1.807, 2.05) is 0 Å². The molecule has 0 fully saturated rings. The molecule has 0 saturated heterocycles. The fourth-order valence-electron chi connectivity index (χ4n) is 1.34. The molecule has 0 atom stereocenters. The van der Waals surface area contributed by atoms with Crippen molar-refractivity contribution in [2.75, 3.05) is 40.3 Å². The van der Waals surface area contributed by atoms with Crippen LogP contribution >= 0.6 is 0 Å². The topological polar surface area (TPSA) is 35.5 Å². The van der Waals surface area contributed by atoms with Crippen LogP contribution in [0.3, 0.4) is 0 Å². The summed E-state index contributed by atoms with van der Waals surface area (Å²) in [6.07, 6.45) is 5.81. The Morgan fingerprint density at radius 1 is 0.929 bits per heavy atom. The van der Waals surface area contributed by atoms with Crippen molar-refractivity contribution in [2.45, 2.75) is 32.1 Å². The molecule has 0 radical (unpaired) electrons. The molecule has 0 aliphatic heterocycles. The van der Waals surface area contributed by atoms with E-state index >= 15 is 0 Å². The average Bonchev–Trinajstić information content (AvgIpc) is 2.15. The second kappa shape index (κ2) is 11.0. The van der Waals surface area contributed by atoms with Gasteiger partial charge in [-0.3, -0.25) is 0 Å². The first-order valence-electron chi connectivity index (χ1n) is 5.73. The van der Waals surface area contributed by atoms with Gasteiger partial charge in [-0.25, -0.2) is 0 Å². The highest BCUT2D eigenvalue weighted by atomic mass is 16.2. The molecule has 2 N–H and O–H groups in total. The molecular formula is C11H26N2O. The Balaban J connectivity index is 2.85. The molecule has 0 heterocycles. The Morgan fingerprint density at radius 2 is 1.57 bits per heavy atom. The molecule has 86 valence electrons. The van der Waals surface area contributed by atoms with Crippen molar-refractivity contribution in [3.8, 4) is 0 Å². The zero-order valence-electron chi connectivity index (χ0n) is 9.76. The lowest BCUT2D eigenvalue weighted by Gasteiger charge is -2.09. The van der Waals surface area contributed by atoms with E-state index < -0.39 is 0 Å². The number of aliphatic hydroxyl groups excluding tert-OH is 1. The lowest BCUT2D eigenvalue weighted by atomic mass is 10.2. The fourth-order valence-corrected chi connectivity index (χ4v) is 1.34. The number of rotatable bonds is 10. The van der Waals surface area contributed by atoms with E-state index in [0.29, 0.717) is 6.61 Å². The predicted octanol–water partition coefficient (Wildman–Crippen LogP) is 1.08. The minimum Gasteiger partial charge on any atom is -0.396 e. The van der Waals surface area contributed by atoms with Crippen molar-refractivity contribution < 1.29 is 5.11 Å². The molecule has 0 bridgehead atoms. The quantitative estimate of drug-likeness (QED) is 0.520. The van der Waals surface area contributed by atoms with E-state index in [2.05, 4.69) is 24.3 Å². The Kier molecular flexibility index (Phi) is 10.9. The Labute approximate surface area is 88.5 Å². The van der Waals surface area contributed by atoms with Crippen LogP contribution < -0.4 is 5.32 Å². The smallest absolute Gasteiger partial charge is 0.0431 e. The van der Waals surface area contributed by atoms with Crippen molar-refractivity contribution in [3.63, 3.8) is 0 Å². The first-order valence-corrected chi connectivity index (χ1v) is 5.73. The van der Waals surface area contributed by atoms with Crippen LogP contribution in [0.1, 0.15) is 32.1 Å². The molecule has 0 saturated carbocycles. The van der Waals surface area contributed by atoms with Gasteiger partial charge in [0.25, 0.3) is 0 Å². The Bertz CT molecular complexity index is 107. The summed E-state index contributed by atoms with van der Waals surface area (Å²) in [6.45, 7) is 3.75. The van der Waals surface area contributed by atoms with Crippen molar-refractivity contribution >= 4 is 0 Å². The molecule has 0 aromatic heterocycles. The first-order chi connectivity index (χ1) is 6.77. The van der Waals surface area contributed by atoms with Gasteiger partial charge in [0.15, 0.2) is 0 Å². The molecule has 0 spiro atoms. The van der Waals surface area contributed by atoms with Crippen LogP contribution in [-0.4, -0.2) is 50.3 Å². The maximum atomic E-state index is 8.57. The van der Waals surface area contributed by atoms with Gasteiger partial charge in [-0.2, -0.15) is 0 Å². The highest BCUT2D eigenvalue weighted by Crippen LogP contribution is 1.93. The zero-order chi connectivity index (χ0) is 10.6. The molecular weight excluding hydrogens is 176 g/mol. The van der Waals surface area contributed by atoms with Gasteiger partial charge in [0.2, 0.25) is 0 Å². The summed E-state index contributed by atoms with van der Waals surface area (Å²) in [5.41, 5.74) is 0. The van der Waals surface area contributed by atoms with E-state index in [9.17, 15) is 0 Å². The van der Waals surface area contributed by atoms with E-state index in [1.54, 1.807) is 0 Å². The fraction of sp³-hybridized carbons (Fsp3) is 1.00. The van der Waals surface area contributed by atoms with Crippen LogP contribution in [0.2, 0.25) is 0 Å². The third-order valence-corrected chi connectivity index (χ3v) is 2.22. The summed E-state index contributed by atoms with van der Waals surface area (Å²) < 4.78 is 0. The Morgan fingerprint density at radius 3 is 2.14 bits per heavy atom. The van der Waals surface area contributed by atoms with Crippen molar-refractivity contribution in [1.82, 2.24) is 10.2 Å². The summed E-state index contributed by atoms with van der Waals surface area (Å²) in [4.78, 5) is 2.22. The van der Waals surface area contributed by atoms with Gasteiger partial charge < -0.3 is 15.3 Å². The molecule has 14 heavy (non-hydrogen) atoms. The second-order valence-corrected chi connectivity index (χ2v) is 4.04. The third-order valence-electron chi connectivity index (χ3n) is 2.22. The molecule has 0 amide bonds. The standard InChI is InChI=1S/C11H26N2O/c1-13(2)10-6-5-9-12-8-4-3-7-11-14/h12,14H,3-11H2,1-2H3. The van der Waals surface area contributed by atoms with Gasteiger partial charge in [-0.1, -0.05) is 0 Å². The van der Waals surface area contributed by atoms with E-state index in [-0.39, 0.29) is 0 Å². The van der Waals surface area contributed by atoms with Crippen LogP contribution in [-0.2, 0) is 0 Å². The minimum absolute atomic E-state index is 0.336. The highest BCUT2D eigenvalue weighted by Gasteiger charge is 1.91. The SMILES string of the molecule is CN(C)CCCCNCCCCCO. The van der Waals surface area contributed by atoms with Crippen LogP contribution in [0.25, 0.3) is 0 Å². The number of nitrogens with one attached hydrogen (secondary N) is 1. The number of unbranched alkanes of at least 4 members (excludes halogenated alkanes) is 3. The van der Waals surface area contributed by atoms with Crippen LogP contribution in [0.15, 0.2) is 0 Å². The van der Waals surface area contributed by atoms with Crippen molar-refractivity contribution in [3.05, 3.63) is 0 Å². The summed E-state index contributed by atoms with van der Waals surface area (Å²) in [5, 5.41) is 12.0. The number of hydrogen-bond donors (Lipinski definition) is 2. The number of hydrogen-bond acceptors (Lipinski definition) is 3. The van der Waals surface area contributed by atoms with Crippen molar-refractivity contribution in [2.24, 2.45) is 0 Å². The van der Waals surface area contributed by atoms with Gasteiger partial charge in [0, 0.05) is 6.61 Å². The summed E-state index contributed by atoms with van der Waals surface area (Å²) >= 11 is 0. The normalized spacial score (nSPS) is 11.1. The van der Waals surface area contributed by atoms with E-state index in [0.717, 1.165) is 25.9 Å². The minimum atomic E-state index is 0.336. The van der Waals surface area contributed by atoms with Gasteiger partial charge in [-0.05, 0) is 65.8 Å². The molecule has 0 aliphatic rings. The van der Waals surface area contributed by atoms with E-state index in [1.165, 1.54) is 25.8 Å². The highest BCUT2D eigenvalue weighted by molar-refractivity contribution is 4.51. The largest absolute Gasteiger partial charge is 0.396 e. The molecule has 3 heteroatoms. The number of nitrogens with zero attached hydrogens (tertiary/aromatic N) is 1. The van der Waals surface area contributed by atoms with Gasteiger partial charge in [0.1, 0.15) is 0 Å². The Hall–Kier alpha value is -0.120.